The Morgan fingerprint density at radius 3 is 3.07 bits per heavy atom. The van der Waals surface area contributed by atoms with Crippen molar-refractivity contribution in [1.29, 1.82) is 0 Å². The van der Waals surface area contributed by atoms with E-state index >= 15 is 0 Å². The van der Waals surface area contributed by atoms with Crippen molar-refractivity contribution < 1.29 is 0 Å². The first-order valence-corrected chi connectivity index (χ1v) is 6.91. The average Bonchev–Trinajstić information content (AvgIpc) is 2.25. The molecule has 1 rings (SSSR count). The number of aromatic nitrogens is 1. The number of thioether (sulfide) groups is 1. The molecule has 1 aromatic heterocycles. The molecular formula is C11H17ClN2S. The van der Waals surface area contributed by atoms with Gasteiger partial charge in [0.25, 0.3) is 0 Å². The van der Waals surface area contributed by atoms with E-state index in [1.54, 1.807) is 6.20 Å². The van der Waals surface area contributed by atoms with Crippen LogP contribution in [0.15, 0.2) is 18.3 Å². The highest BCUT2D eigenvalue weighted by atomic mass is 35.5. The fourth-order valence-corrected chi connectivity index (χ4v) is 1.95. The summed E-state index contributed by atoms with van der Waals surface area (Å²) >= 11 is 7.83. The van der Waals surface area contributed by atoms with Crippen molar-refractivity contribution in [2.45, 2.75) is 19.4 Å². The van der Waals surface area contributed by atoms with E-state index in [-0.39, 0.29) is 0 Å². The van der Waals surface area contributed by atoms with Crippen molar-refractivity contribution in [2.24, 2.45) is 0 Å². The predicted octanol–water partition coefficient (Wildman–Crippen LogP) is 2.97. The van der Waals surface area contributed by atoms with Crippen LogP contribution in [-0.2, 0) is 6.54 Å². The highest BCUT2D eigenvalue weighted by Gasteiger charge is 1.98. The van der Waals surface area contributed by atoms with Crippen LogP contribution >= 0.6 is 23.4 Å². The Hall–Kier alpha value is -0.250. The molecule has 0 aliphatic rings. The Balaban J connectivity index is 2.12. The third-order valence-electron chi connectivity index (χ3n) is 2.10. The lowest BCUT2D eigenvalue weighted by molar-refractivity contribution is 0.643. The van der Waals surface area contributed by atoms with E-state index in [2.05, 4.69) is 16.6 Å². The van der Waals surface area contributed by atoms with Crippen LogP contribution in [0.3, 0.4) is 0 Å². The molecule has 0 bridgehead atoms. The molecule has 0 aliphatic carbocycles. The van der Waals surface area contributed by atoms with Gasteiger partial charge in [-0.1, -0.05) is 17.7 Å². The highest BCUT2D eigenvalue weighted by Crippen LogP contribution is 2.10. The molecule has 4 heteroatoms. The summed E-state index contributed by atoms with van der Waals surface area (Å²) in [6.07, 6.45) is 6.35. The first kappa shape index (κ1) is 12.8. The number of nitrogens with zero attached hydrogens (tertiary/aromatic N) is 1. The summed E-state index contributed by atoms with van der Waals surface area (Å²) in [6, 6.07) is 3.92. The zero-order valence-electron chi connectivity index (χ0n) is 9.00. The maximum absolute atomic E-state index is 5.93. The van der Waals surface area contributed by atoms with E-state index in [0.717, 1.165) is 18.7 Å². The Labute approximate surface area is 101 Å². The van der Waals surface area contributed by atoms with E-state index in [1.165, 1.54) is 18.6 Å². The highest BCUT2D eigenvalue weighted by molar-refractivity contribution is 7.98. The molecule has 1 aromatic rings. The van der Waals surface area contributed by atoms with Crippen molar-refractivity contribution in [3.05, 3.63) is 29.0 Å². The Morgan fingerprint density at radius 2 is 2.33 bits per heavy atom. The summed E-state index contributed by atoms with van der Waals surface area (Å²) in [5, 5.41) is 3.97. The van der Waals surface area contributed by atoms with Gasteiger partial charge < -0.3 is 5.32 Å². The molecule has 0 amide bonds. The molecule has 0 radical (unpaired) electrons. The van der Waals surface area contributed by atoms with Crippen molar-refractivity contribution in [3.8, 4) is 0 Å². The second kappa shape index (κ2) is 7.97. The summed E-state index contributed by atoms with van der Waals surface area (Å²) in [4.78, 5) is 4.03. The number of hydrogen-bond acceptors (Lipinski definition) is 3. The molecule has 1 N–H and O–H groups in total. The molecule has 0 unspecified atom stereocenters. The quantitative estimate of drug-likeness (QED) is 0.590. The minimum absolute atomic E-state index is 0.606. The van der Waals surface area contributed by atoms with Gasteiger partial charge in [-0.2, -0.15) is 11.8 Å². The maximum Gasteiger partial charge on any atom is 0.133 e. The van der Waals surface area contributed by atoms with Gasteiger partial charge in [-0.15, -0.1) is 0 Å². The number of unbranched alkanes of at least 4 members (excludes halogenated alkanes) is 1. The minimum atomic E-state index is 0.606. The topological polar surface area (TPSA) is 24.9 Å². The molecule has 0 saturated carbocycles. The predicted molar refractivity (Wildman–Crippen MR) is 68.6 cm³/mol. The number of halogens is 1. The lowest BCUT2D eigenvalue weighted by atomic mass is 10.2. The fourth-order valence-electron chi connectivity index (χ4n) is 1.27. The van der Waals surface area contributed by atoms with Crippen molar-refractivity contribution in [3.63, 3.8) is 0 Å². The van der Waals surface area contributed by atoms with E-state index in [4.69, 9.17) is 11.6 Å². The molecule has 0 atom stereocenters. The van der Waals surface area contributed by atoms with Crippen LogP contribution in [0, 0.1) is 0 Å². The summed E-state index contributed by atoms with van der Waals surface area (Å²) in [5.41, 5.74) is 1.07. The normalized spacial score (nSPS) is 10.5. The zero-order valence-corrected chi connectivity index (χ0v) is 10.6. The summed E-state index contributed by atoms with van der Waals surface area (Å²) in [6.45, 7) is 1.86. The van der Waals surface area contributed by atoms with E-state index in [1.807, 2.05) is 23.9 Å². The lowest BCUT2D eigenvalue weighted by Crippen LogP contribution is -2.15. The molecule has 0 spiro atoms. The molecule has 0 aromatic carbocycles. The second-order valence-electron chi connectivity index (χ2n) is 3.33. The molecule has 0 fully saturated rings. The standard InChI is InChI=1S/C11H17ClN2S/c1-15-8-3-2-6-13-9-10-5-4-7-14-11(10)12/h4-5,7,13H,2-3,6,8-9H2,1H3. The van der Waals surface area contributed by atoms with Gasteiger partial charge in [0.15, 0.2) is 0 Å². The van der Waals surface area contributed by atoms with Gasteiger partial charge in [0, 0.05) is 18.3 Å². The Bertz CT molecular complexity index is 281. The number of pyridine rings is 1. The zero-order chi connectivity index (χ0) is 10.9. The van der Waals surface area contributed by atoms with Crippen LogP contribution in [0.5, 0.6) is 0 Å². The summed E-state index contributed by atoms with van der Waals surface area (Å²) < 4.78 is 0. The lowest BCUT2D eigenvalue weighted by Gasteiger charge is -2.05. The van der Waals surface area contributed by atoms with Crippen LogP contribution in [0.25, 0.3) is 0 Å². The van der Waals surface area contributed by atoms with Gasteiger partial charge in [0.1, 0.15) is 5.15 Å². The van der Waals surface area contributed by atoms with E-state index in [9.17, 15) is 0 Å². The smallest absolute Gasteiger partial charge is 0.133 e. The van der Waals surface area contributed by atoms with Crippen molar-refractivity contribution >= 4 is 23.4 Å². The van der Waals surface area contributed by atoms with Crippen LogP contribution in [-0.4, -0.2) is 23.5 Å². The van der Waals surface area contributed by atoms with Crippen molar-refractivity contribution in [2.75, 3.05) is 18.6 Å². The van der Waals surface area contributed by atoms with E-state index < -0.39 is 0 Å². The minimum Gasteiger partial charge on any atom is -0.313 e. The largest absolute Gasteiger partial charge is 0.313 e. The fraction of sp³-hybridized carbons (Fsp3) is 0.545. The van der Waals surface area contributed by atoms with Gasteiger partial charge in [0.05, 0.1) is 0 Å². The van der Waals surface area contributed by atoms with Gasteiger partial charge >= 0.3 is 0 Å². The molecule has 0 aliphatic heterocycles. The third kappa shape index (κ3) is 5.40. The number of rotatable bonds is 7. The SMILES string of the molecule is CSCCCCNCc1cccnc1Cl. The maximum atomic E-state index is 5.93. The molecule has 15 heavy (non-hydrogen) atoms. The molecule has 0 saturated heterocycles. The number of nitrogens with one attached hydrogen (secondary N) is 1. The van der Waals surface area contributed by atoms with Crippen LogP contribution in [0.2, 0.25) is 5.15 Å². The van der Waals surface area contributed by atoms with Crippen molar-refractivity contribution in [1.82, 2.24) is 10.3 Å². The second-order valence-corrected chi connectivity index (χ2v) is 4.67. The summed E-state index contributed by atoms with van der Waals surface area (Å²) in [7, 11) is 0. The molecule has 2 nitrogen and oxygen atoms in total. The third-order valence-corrected chi connectivity index (χ3v) is 3.14. The van der Waals surface area contributed by atoms with Gasteiger partial charge in [0.2, 0.25) is 0 Å². The molecular weight excluding hydrogens is 228 g/mol. The van der Waals surface area contributed by atoms with Gasteiger partial charge in [-0.3, -0.25) is 0 Å². The first-order valence-electron chi connectivity index (χ1n) is 5.13. The molecule has 84 valence electrons. The Morgan fingerprint density at radius 1 is 1.47 bits per heavy atom. The van der Waals surface area contributed by atoms with Gasteiger partial charge in [-0.25, -0.2) is 4.98 Å². The van der Waals surface area contributed by atoms with Crippen LogP contribution in [0.4, 0.5) is 0 Å². The van der Waals surface area contributed by atoms with E-state index in [0.29, 0.717) is 5.15 Å². The molecule has 1 heterocycles. The summed E-state index contributed by atoms with van der Waals surface area (Å²) in [5.74, 6) is 1.25. The Kier molecular flexibility index (Phi) is 6.81. The first-order chi connectivity index (χ1) is 7.34. The van der Waals surface area contributed by atoms with Crippen LogP contribution in [0.1, 0.15) is 18.4 Å². The monoisotopic (exact) mass is 244 g/mol. The van der Waals surface area contributed by atoms with Crippen LogP contribution < -0.4 is 5.32 Å². The number of hydrogen-bond donors (Lipinski definition) is 1. The average molecular weight is 245 g/mol. The van der Waals surface area contributed by atoms with Gasteiger partial charge in [-0.05, 0) is 37.5 Å².